The fraction of sp³-hybridized carbons (Fsp3) is 0.263. The van der Waals surface area contributed by atoms with Gasteiger partial charge in [-0.2, -0.15) is 0 Å². The molecule has 0 spiro atoms. The molecule has 27 heavy (non-hydrogen) atoms. The minimum Gasteiger partial charge on any atom is -0.497 e. The van der Waals surface area contributed by atoms with E-state index in [1.807, 2.05) is 6.92 Å². The molecule has 0 saturated heterocycles. The van der Waals surface area contributed by atoms with Crippen LogP contribution in [0.2, 0.25) is 0 Å². The number of halogens is 2. The van der Waals surface area contributed by atoms with E-state index < -0.39 is 23.2 Å². The number of hydrogen-bond donors (Lipinski definition) is 3. The monoisotopic (exact) mass is 378 g/mol. The number of quaternary nitrogens is 1. The van der Waals surface area contributed by atoms with Gasteiger partial charge in [0.25, 0.3) is 11.8 Å². The average Bonchev–Trinajstić information content (AvgIpc) is 2.64. The summed E-state index contributed by atoms with van der Waals surface area (Å²) in [5.74, 6) is -1.96. The van der Waals surface area contributed by atoms with Crippen molar-refractivity contribution in [1.29, 1.82) is 0 Å². The van der Waals surface area contributed by atoms with E-state index in [0.717, 1.165) is 12.1 Å². The second-order valence-electron chi connectivity index (χ2n) is 5.88. The standard InChI is InChI=1S/C19H21F2N3O3/c1-3-24(11-17(25)22-13-6-4-7-14(10-13)27-2)12-18(26)23-19-15(20)8-5-9-16(19)21/h4-10H,3,11-12H2,1-2H3,(H,22,25)(H,23,26)/p+1. The zero-order valence-electron chi connectivity index (χ0n) is 15.1. The van der Waals surface area contributed by atoms with Crippen LogP contribution in [0.3, 0.4) is 0 Å². The summed E-state index contributed by atoms with van der Waals surface area (Å²) in [7, 11) is 1.53. The third-order valence-electron chi connectivity index (χ3n) is 3.90. The topological polar surface area (TPSA) is 71.9 Å². The summed E-state index contributed by atoms with van der Waals surface area (Å²) in [6.07, 6.45) is 0. The van der Waals surface area contributed by atoms with Crippen molar-refractivity contribution in [2.75, 3.05) is 37.4 Å². The fourth-order valence-corrected chi connectivity index (χ4v) is 2.47. The van der Waals surface area contributed by atoms with Crippen LogP contribution in [0.4, 0.5) is 20.2 Å². The lowest BCUT2D eigenvalue weighted by molar-refractivity contribution is -0.881. The number of likely N-dealkylation sites (N-methyl/N-ethyl adjacent to an activating group) is 1. The van der Waals surface area contributed by atoms with Crippen LogP contribution in [-0.2, 0) is 9.59 Å². The van der Waals surface area contributed by atoms with Crippen molar-refractivity contribution in [2.45, 2.75) is 6.92 Å². The largest absolute Gasteiger partial charge is 0.497 e. The first-order valence-corrected chi connectivity index (χ1v) is 8.44. The summed E-state index contributed by atoms with van der Waals surface area (Å²) in [5.41, 5.74) is 0.0893. The highest BCUT2D eigenvalue weighted by Crippen LogP contribution is 2.17. The van der Waals surface area contributed by atoms with Crippen LogP contribution in [0.1, 0.15) is 6.92 Å². The lowest BCUT2D eigenvalue weighted by Crippen LogP contribution is -3.13. The van der Waals surface area contributed by atoms with Crippen LogP contribution in [0.25, 0.3) is 0 Å². The van der Waals surface area contributed by atoms with Crippen LogP contribution in [0, 0.1) is 11.6 Å². The summed E-state index contributed by atoms with van der Waals surface area (Å²) in [4.78, 5) is 24.9. The molecule has 2 aromatic carbocycles. The number of methoxy groups -OCH3 is 1. The minimum absolute atomic E-state index is 0.0287. The Bertz CT molecular complexity index is 794. The number of anilines is 2. The highest BCUT2D eigenvalue weighted by Gasteiger charge is 2.19. The van der Waals surface area contributed by atoms with Gasteiger partial charge in [0.2, 0.25) is 0 Å². The lowest BCUT2D eigenvalue weighted by atomic mass is 10.3. The third kappa shape index (κ3) is 6.03. The van der Waals surface area contributed by atoms with Gasteiger partial charge in [0.15, 0.2) is 13.1 Å². The van der Waals surface area contributed by atoms with Gasteiger partial charge in [0, 0.05) is 11.8 Å². The number of carbonyl (C=O) groups is 2. The predicted octanol–water partition coefficient (Wildman–Crippen LogP) is 1.46. The third-order valence-corrected chi connectivity index (χ3v) is 3.90. The maximum atomic E-state index is 13.6. The Balaban J connectivity index is 1.92. The molecule has 6 nitrogen and oxygen atoms in total. The van der Waals surface area contributed by atoms with Crippen molar-refractivity contribution in [1.82, 2.24) is 0 Å². The molecule has 0 bridgehead atoms. The Morgan fingerprint density at radius 1 is 1.00 bits per heavy atom. The molecule has 8 heteroatoms. The smallest absolute Gasteiger partial charge is 0.279 e. The molecule has 0 radical (unpaired) electrons. The molecule has 0 heterocycles. The number of hydrogen-bond acceptors (Lipinski definition) is 3. The van der Waals surface area contributed by atoms with Crippen molar-refractivity contribution in [3.63, 3.8) is 0 Å². The van der Waals surface area contributed by atoms with Crippen molar-refractivity contribution < 1.29 is 28.0 Å². The zero-order chi connectivity index (χ0) is 19.8. The molecule has 2 amide bonds. The van der Waals surface area contributed by atoms with Crippen molar-refractivity contribution in [3.8, 4) is 5.75 Å². The summed E-state index contributed by atoms with van der Waals surface area (Å²) in [6, 6.07) is 10.2. The van der Waals surface area contributed by atoms with Gasteiger partial charge in [0.1, 0.15) is 23.1 Å². The summed E-state index contributed by atoms with van der Waals surface area (Å²) in [6.45, 7) is 2.22. The van der Waals surface area contributed by atoms with Crippen molar-refractivity contribution >= 4 is 23.2 Å². The van der Waals surface area contributed by atoms with E-state index >= 15 is 0 Å². The highest BCUT2D eigenvalue weighted by molar-refractivity contribution is 5.93. The molecule has 0 aliphatic rings. The summed E-state index contributed by atoms with van der Waals surface area (Å²) in [5, 5.41) is 4.95. The van der Waals surface area contributed by atoms with Gasteiger partial charge in [-0.15, -0.1) is 0 Å². The Hall–Kier alpha value is -3.00. The second-order valence-corrected chi connectivity index (χ2v) is 5.88. The van der Waals surface area contributed by atoms with Gasteiger partial charge in [-0.1, -0.05) is 12.1 Å². The van der Waals surface area contributed by atoms with Gasteiger partial charge in [-0.25, -0.2) is 8.78 Å². The van der Waals surface area contributed by atoms with E-state index in [1.165, 1.54) is 13.2 Å². The van der Waals surface area contributed by atoms with Crippen molar-refractivity contribution in [2.24, 2.45) is 0 Å². The molecule has 0 saturated carbocycles. The molecule has 1 atom stereocenters. The first kappa shape index (κ1) is 20.3. The molecule has 0 aliphatic heterocycles. The van der Waals surface area contributed by atoms with E-state index in [2.05, 4.69) is 10.6 Å². The lowest BCUT2D eigenvalue weighted by Gasteiger charge is -2.17. The van der Waals surface area contributed by atoms with Gasteiger partial charge < -0.3 is 20.3 Å². The normalized spacial score (nSPS) is 11.6. The van der Waals surface area contributed by atoms with Gasteiger partial charge >= 0.3 is 0 Å². The van der Waals surface area contributed by atoms with Crippen molar-refractivity contribution in [3.05, 3.63) is 54.1 Å². The van der Waals surface area contributed by atoms with Gasteiger partial charge in [-0.05, 0) is 31.2 Å². The van der Waals surface area contributed by atoms with E-state index in [-0.39, 0.29) is 19.0 Å². The van der Waals surface area contributed by atoms with Crippen LogP contribution in [-0.4, -0.2) is 38.6 Å². The summed E-state index contributed by atoms with van der Waals surface area (Å²) < 4.78 is 32.3. The van der Waals surface area contributed by atoms with Crippen LogP contribution in [0.5, 0.6) is 5.75 Å². The maximum Gasteiger partial charge on any atom is 0.279 e. The summed E-state index contributed by atoms with van der Waals surface area (Å²) >= 11 is 0. The second kappa shape index (κ2) is 9.63. The number of amides is 2. The number of nitrogens with one attached hydrogen (secondary N) is 3. The number of benzene rings is 2. The van der Waals surface area contributed by atoms with E-state index in [1.54, 1.807) is 24.3 Å². The first-order valence-electron chi connectivity index (χ1n) is 8.44. The Morgan fingerprint density at radius 2 is 1.59 bits per heavy atom. The van der Waals surface area contributed by atoms with E-state index in [4.69, 9.17) is 4.74 Å². The number of rotatable bonds is 8. The van der Waals surface area contributed by atoms with Crippen LogP contribution >= 0.6 is 0 Å². The molecule has 1 unspecified atom stereocenters. The zero-order valence-corrected chi connectivity index (χ0v) is 15.1. The molecule has 0 aliphatic carbocycles. The Kier molecular flexibility index (Phi) is 7.25. The quantitative estimate of drug-likeness (QED) is 0.651. The first-order chi connectivity index (χ1) is 12.9. The average molecular weight is 378 g/mol. The van der Waals surface area contributed by atoms with Gasteiger partial charge in [0.05, 0.1) is 13.7 Å². The number of para-hydroxylation sites is 1. The molecule has 0 aromatic heterocycles. The molecule has 3 N–H and O–H groups in total. The van der Waals surface area contributed by atoms with E-state index in [0.29, 0.717) is 22.9 Å². The Morgan fingerprint density at radius 3 is 2.19 bits per heavy atom. The van der Waals surface area contributed by atoms with E-state index in [9.17, 15) is 18.4 Å². The van der Waals surface area contributed by atoms with Gasteiger partial charge in [-0.3, -0.25) is 9.59 Å². The molecular weight excluding hydrogens is 356 g/mol. The molecule has 2 aromatic rings. The van der Waals surface area contributed by atoms with Crippen LogP contribution in [0.15, 0.2) is 42.5 Å². The Labute approximate surface area is 156 Å². The molecular formula is C19H22F2N3O3+. The number of carbonyl (C=O) groups excluding carboxylic acids is 2. The van der Waals surface area contributed by atoms with Crippen LogP contribution < -0.4 is 20.3 Å². The molecule has 144 valence electrons. The number of ether oxygens (including phenoxy) is 1. The maximum absolute atomic E-state index is 13.6. The fourth-order valence-electron chi connectivity index (χ4n) is 2.47. The highest BCUT2D eigenvalue weighted by atomic mass is 19.1. The SMILES string of the molecule is CC[NH+](CC(=O)Nc1cccc(OC)c1)CC(=O)Nc1c(F)cccc1F. The predicted molar refractivity (Wildman–Crippen MR) is 97.8 cm³/mol. The molecule has 0 fully saturated rings. The molecule has 2 rings (SSSR count). The minimum atomic E-state index is -0.850.